The zero-order chi connectivity index (χ0) is 21.5. The monoisotopic (exact) mass is 442 g/mol. The Balaban J connectivity index is 1.43. The van der Waals surface area contributed by atoms with Crippen LogP contribution >= 0.6 is 11.6 Å². The molecule has 2 aromatic carbocycles. The van der Waals surface area contributed by atoms with Gasteiger partial charge < -0.3 is 19.6 Å². The molecule has 6 nitrogen and oxygen atoms in total. The summed E-state index contributed by atoms with van der Waals surface area (Å²) in [5.41, 5.74) is 2.30. The number of likely N-dealkylation sites (tertiary alicyclic amines) is 1. The summed E-state index contributed by atoms with van der Waals surface area (Å²) in [5.74, 6) is -0.465. The van der Waals surface area contributed by atoms with Crippen molar-refractivity contribution in [3.05, 3.63) is 52.4 Å². The maximum atomic E-state index is 14.2. The lowest BCUT2D eigenvalue weighted by Crippen LogP contribution is -2.32. The number of aromatic hydroxyl groups is 1. The van der Waals surface area contributed by atoms with Gasteiger partial charge in [-0.15, -0.1) is 0 Å². The number of likely N-dealkylation sites (N-methyl/N-ethyl adjacent to an activating group) is 1. The quantitative estimate of drug-likeness (QED) is 0.654. The standard InChI is InChI=1S/C23H24ClFN4O2/c1-28-10-3-5-15(28)13-31-23-26-18-12-29(11-9-16(18)22(30)27-23)19-6-2-4-14-7-8-17(25)21(24)20(14)19/h2,4,6-8,15H,3,5,9-13H2,1H3,(H,26,27,30)/t15-/m0/s1. The van der Waals surface area contributed by atoms with Crippen LogP contribution in [0.5, 0.6) is 11.9 Å². The third-order valence-electron chi connectivity index (χ3n) is 6.35. The van der Waals surface area contributed by atoms with E-state index < -0.39 is 5.82 Å². The maximum Gasteiger partial charge on any atom is 0.320 e. The van der Waals surface area contributed by atoms with E-state index in [1.807, 2.05) is 18.2 Å². The molecule has 1 N–H and O–H groups in total. The van der Waals surface area contributed by atoms with Crippen molar-refractivity contribution in [1.29, 1.82) is 0 Å². The number of hydrogen-bond donors (Lipinski definition) is 1. The Labute approximate surface area is 185 Å². The fourth-order valence-electron chi connectivity index (χ4n) is 4.57. The lowest BCUT2D eigenvalue weighted by atomic mass is 10.0. The van der Waals surface area contributed by atoms with Crippen LogP contribution in [0.25, 0.3) is 10.8 Å². The van der Waals surface area contributed by atoms with E-state index in [0.29, 0.717) is 37.5 Å². The van der Waals surface area contributed by atoms with Gasteiger partial charge in [-0.2, -0.15) is 9.97 Å². The second kappa shape index (κ2) is 8.13. The molecule has 0 bridgehead atoms. The minimum atomic E-state index is -0.438. The van der Waals surface area contributed by atoms with Gasteiger partial charge in [-0.3, -0.25) is 0 Å². The highest BCUT2D eigenvalue weighted by molar-refractivity contribution is 6.36. The Bertz CT molecular complexity index is 1140. The number of rotatable bonds is 4. The minimum absolute atomic E-state index is 0.0265. The average molecular weight is 443 g/mol. The first kappa shape index (κ1) is 20.3. The fourth-order valence-corrected chi connectivity index (χ4v) is 4.84. The minimum Gasteiger partial charge on any atom is -0.493 e. The molecule has 31 heavy (non-hydrogen) atoms. The third-order valence-corrected chi connectivity index (χ3v) is 6.72. The summed E-state index contributed by atoms with van der Waals surface area (Å²) in [6, 6.07) is 9.45. The first-order chi connectivity index (χ1) is 15.0. The first-order valence-electron chi connectivity index (χ1n) is 10.5. The molecule has 8 heteroatoms. The van der Waals surface area contributed by atoms with Crippen molar-refractivity contribution >= 4 is 28.1 Å². The molecule has 0 unspecified atom stereocenters. The molecule has 0 spiro atoms. The molecule has 3 heterocycles. The van der Waals surface area contributed by atoms with Gasteiger partial charge in [0.25, 0.3) is 0 Å². The first-order valence-corrected chi connectivity index (χ1v) is 10.9. The second-order valence-corrected chi connectivity index (χ2v) is 8.63. The normalized spacial score (nSPS) is 19.1. The number of benzene rings is 2. The number of halogens is 2. The second-order valence-electron chi connectivity index (χ2n) is 8.25. The van der Waals surface area contributed by atoms with Crippen LogP contribution in [0.15, 0.2) is 30.3 Å². The van der Waals surface area contributed by atoms with Crippen LogP contribution in [-0.4, -0.2) is 52.8 Å². The van der Waals surface area contributed by atoms with Crippen LogP contribution in [0, 0.1) is 5.82 Å². The van der Waals surface area contributed by atoms with E-state index in [2.05, 4.69) is 26.8 Å². The molecule has 1 fully saturated rings. The third kappa shape index (κ3) is 3.77. The highest BCUT2D eigenvalue weighted by Crippen LogP contribution is 2.37. The molecule has 0 radical (unpaired) electrons. The van der Waals surface area contributed by atoms with Crippen LogP contribution in [0.3, 0.4) is 0 Å². The van der Waals surface area contributed by atoms with E-state index in [0.717, 1.165) is 41.7 Å². The van der Waals surface area contributed by atoms with Crippen molar-refractivity contribution < 1.29 is 14.2 Å². The average Bonchev–Trinajstić information content (AvgIpc) is 3.19. The predicted octanol–water partition coefficient (Wildman–Crippen LogP) is 4.16. The molecule has 0 aliphatic carbocycles. The summed E-state index contributed by atoms with van der Waals surface area (Å²) in [6.45, 7) is 2.66. The number of anilines is 1. The Hall–Kier alpha value is -2.64. The molecule has 0 amide bonds. The van der Waals surface area contributed by atoms with E-state index in [1.165, 1.54) is 6.07 Å². The van der Waals surface area contributed by atoms with Gasteiger partial charge in [0.15, 0.2) is 0 Å². The molecular weight excluding hydrogens is 419 g/mol. The summed E-state index contributed by atoms with van der Waals surface area (Å²) in [5, 5.41) is 12.1. The van der Waals surface area contributed by atoms with Gasteiger partial charge in [0.2, 0.25) is 5.88 Å². The Kier molecular flexibility index (Phi) is 5.32. The highest BCUT2D eigenvalue weighted by atomic mass is 35.5. The van der Waals surface area contributed by atoms with Crippen LogP contribution in [0.1, 0.15) is 24.1 Å². The summed E-state index contributed by atoms with van der Waals surface area (Å²) in [6.07, 6.45) is 2.82. The van der Waals surface area contributed by atoms with Gasteiger partial charge in [0.05, 0.1) is 17.3 Å². The number of hydrogen-bond acceptors (Lipinski definition) is 6. The van der Waals surface area contributed by atoms with E-state index >= 15 is 0 Å². The Morgan fingerprint density at radius 3 is 2.90 bits per heavy atom. The predicted molar refractivity (Wildman–Crippen MR) is 119 cm³/mol. The van der Waals surface area contributed by atoms with Crippen molar-refractivity contribution in [3.63, 3.8) is 0 Å². The SMILES string of the molecule is CN1CCC[C@H]1COc1nc(O)c2c(n1)CN(c1cccc3ccc(F)c(Cl)c13)CC2. The number of fused-ring (bicyclic) bond motifs is 2. The lowest BCUT2D eigenvalue weighted by molar-refractivity contribution is 0.185. The number of nitrogens with zero attached hydrogens (tertiary/aromatic N) is 4. The topological polar surface area (TPSA) is 61.7 Å². The summed E-state index contributed by atoms with van der Waals surface area (Å²) in [7, 11) is 2.09. The highest BCUT2D eigenvalue weighted by Gasteiger charge is 2.26. The molecule has 1 saturated heterocycles. The molecular formula is C23H24ClFN4O2. The molecule has 0 saturated carbocycles. The zero-order valence-corrected chi connectivity index (χ0v) is 18.1. The molecule has 1 atom stereocenters. The van der Waals surface area contributed by atoms with Crippen molar-refractivity contribution in [2.24, 2.45) is 0 Å². The van der Waals surface area contributed by atoms with Crippen LogP contribution in [-0.2, 0) is 13.0 Å². The summed E-state index contributed by atoms with van der Waals surface area (Å²) >= 11 is 6.33. The smallest absolute Gasteiger partial charge is 0.320 e. The van der Waals surface area contributed by atoms with Crippen LogP contribution in [0.2, 0.25) is 5.02 Å². The summed E-state index contributed by atoms with van der Waals surface area (Å²) < 4.78 is 20.0. The van der Waals surface area contributed by atoms with Gasteiger partial charge in [-0.05, 0) is 50.4 Å². The summed E-state index contributed by atoms with van der Waals surface area (Å²) in [4.78, 5) is 13.1. The van der Waals surface area contributed by atoms with Crippen LogP contribution < -0.4 is 9.64 Å². The fraction of sp³-hybridized carbons (Fsp3) is 0.391. The van der Waals surface area contributed by atoms with Gasteiger partial charge in [-0.1, -0.05) is 29.8 Å². The van der Waals surface area contributed by atoms with E-state index in [-0.39, 0.29) is 16.9 Å². The van der Waals surface area contributed by atoms with E-state index in [9.17, 15) is 9.50 Å². The maximum absolute atomic E-state index is 14.2. The van der Waals surface area contributed by atoms with Gasteiger partial charge in [0, 0.05) is 29.2 Å². The Morgan fingerprint density at radius 1 is 1.23 bits per heavy atom. The van der Waals surface area contributed by atoms with E-state index in [4.69, 9.17) is 16.3 Å². The number of ether oxygens (including phenoxy) is 1. The molecule has 2 aliphatic rings. The molecule has 5 rings (SSSR count). The number of aromatic nitrogens is 2. The van der Waals surface area contributed by atoms with Gasteiger partial charge in [-0.25, -0.2) is 4.39 Å². The lowest BCUT2D eigenvalue weighted by Gasteiger charge is -2.31. The van der Waals surface area contributed by atoms with Gasteiger partial charge >= 0.3 is 6.01 Å². The molecule has 1 aromatic heterocycles. The van der Waals surface area contributed by atoms with Crippen LogP contribution in [0.4, 0.5) is 10.1 Å². The van der Waals surface area contributed by atoms with Crippen molar-refractivity contribution in [1.82, 2.24) is 14.9 Å². The largest absolute Gasteiger partial charge is 0.493 e. The van der Waals surface area contributed by atoms with Crippen molar-refractivity contribution in [2.45, 2.75) is 31.8 Å². The molecule has 162 valence electrons. The molecule has 3 aromatic rings. The molecule has 2 aliphatic heterocycles. The van der Waals surface area contributed by atoms with E-state index in [1.54, 1.807) is 6.07 Å². The van der Waals surface area contributed by atoms with Gasteiger partial charge in [0.1, 0.15) is 12.4 Å². The Morgan fingerprint density at radius 2 is 2.10 bits per heavy atom. The van der Waals surface area contributed by atoms with Crippen molar-refractivity contribution in [3.8, 4) is 11.9 Å². The zero-order valence-electron chi connectivity index (χ0n) is 17.3. The van der Waals surface area contributed by atoms with Crippen molar-refractivity contribution in [2.75, 3.05) is 31.6 Å².